The highest BCUT2D eigenvalue weighted by molar-refractivity contribution is 5.89. The van der Waals surface area contributed by atoms with Crippen molar-refractivity contribution < 1.29 is 132 Å². The highest BCUT2D eigenvalue weighted by Crippen LogP contribution is 2.36. The van der Waals surface area contributed by atoms with Crippen LogP contribution in [0.4, 0.5) is 18.9 Å². The molecule has 7 rings (SSSR count). The second-order valence-corrected chi connectivity index (χ2v) is 24.4. The molecular weight excluding hydrogens is 1550 g/mol. The van der Waals surface area contributed by atoms with Crippen molar-refractivity contribution in [1.82, 2.24) is 29.7 Å². The summed E-state index contributed by atoms with van der Waals surface area (Å²) < 4.78 is 124. The first-order valence-electron chi connectivity index (χ1n) is 37.5. The van der Waals surface area contributed by atoms with Crippen LogP contribution >= 0.6 is 0 Å². The van der Waals surface area contributed by atoms with Gasteiger partial charge in [-0.2, -0.15) is 0 Å². The van der Waals surface area contributed by atoms with Crippen LogP contribution in [0.3, 0.4) is 0 Å². The number of hydrogen-bond donors (Lipinski definition) is 0. The first-order chi connectivity index (χ1) is 56.8. The number of hydrogen-bond acceptors (Lipinski definition) is 32. The standard InChI is InChI=1S/C83H90F3N7O25/c1-10-103-74(94)48-112-63-41-70(114-50-76(96)105-12-3)65(71(42-63)115-51-77(97)106-13-4)27-23-57-36-61(89-68(39-57)81(101)110-17-8)46-92-31-29-91(45-60-35-56(38-67(88-60)80(100)109-16-7)20-19-55-21-25-59(26-22-55)87-54-118-83(84,85)86)30-32-93(34-33-92)47-62-37-58(40-69(90-62)82(102)111-18-9)24-28-66-72(116-52-78(98)107-14-5)43-64(113-49-75(95)104-11-2)44-73(66)117-53-79(99)108-15-6/h21-22,25-26,35-44,54H,10-18,29-34,45-53H2,1-9H3. The summed E-state index contributed by atoms with van der Waals surface area (Å²) in [5.74, 6) is 11.1. The Labute approximate surface area is 679 Å². The van der Waals surface area contributed by atoms with E-state index in [-0.39, 0.29) is 165 Å². The van der Waals surface area contributed by atoms with Gasteiger partial charge in [-0.05, 0) is 123 Å². The molecule has 0 atom stereocenters. The topological polar surface area (TPSA) is 362 Å². The number of pyridine rings is 3. The highest BCUT2D eigenvalue weighted by Gasteiger charge is 2.30. The number of nitrogens with zero attached hydrogens (tertiary/aromatic N) is 7. The Morgan fingerprint density at radius 2 is 0.619 bits per heavy atom. The molecule has 32 nitrogen and oxygen atoms in total. The van der Waals surface area contributed by atoms with Gasteiger partial charge in [-0.25, -0.2) is 63.1 Å². The number of aromatic nitrogens is 3. The molecule has 1 aliphatic heterocycles. The van der Waals surface area contributed by atoms with Crippen LogP contribution in [0, 0.1) is 35.5 Å². The number of esters is 9. The zero-order valence-electron chi connectivity index (χ0n) is 66.6. The first-order valence-corrected chi connectivity index (χ1v) is 37.5. The molecule has 628 valence electrons. The summed E-state index contributed by atoms with van der Waals surface area (Å²) in [4.78, 5) is 142. The van der Waals surface area contributed by atoms with E-state index in [1.165, 1.54) is 66.7 Å². The molecule has 4 heterocycles. The molecule has 118 heavy (non-hydrogen) atoms. The van der Waals surface area contributed by atoms with E-state index in [1.54, 1.807) is 80.5 Å². The molecule has 1 fully saturated rings. The van der Waals surface area contributed by atoms with Crippen LogP contribution in [0.25, 0.3) is 0 Å². The lowest BCUT2D eigenvalue weighted by Gasteiger charge is -2.25. The number of halogens is 3. The molecule has 0 N–H and O–H groups in total. The highest BCUT2D eigenvalue weighted by atomic mass is 19.4. The van der Waals surface area contributed by atoms with Crippen molar-refractivity contribution in [1.29, 1.82) is 0 Å². The molecule has 6 aromatic rings. The van der Waals surface area contributed by atoms with Gasteiger partial charge < -0.3 is 75.8 Å². The molecule has 0 unspecified atom stereocenters. The molecule has 1 saturated heterocycles. The van der Waals surface area contributed by atoms with Crippen molar-refractivity contribution in [2.45, 2.75) is 88.3 Å². The Bertz CT molecular complexity index is 4410. The van der Waals surface area contributed by atoms with Gasteiger partial charge in [0.25, 0.3) is 0 Å². The zero-order valence-corrected chi connectivity index (χ0v) is 66.6. The lowest BCUT2D eigenvalue weighted by atomic mass is 10.1. The summed E-state index contributed by atoms with van der Waals surface area (Å²) >= 11 is 0. The second kappa shape index (κ2) is 48.4. The molecular formula is C83H90F3N7O25. The monoisotopic (exact) mass is 1640 g/mol. The van der Waals surface area contributed by atoms with Gasteiger partial charge >= 0.3 is 60.1 Å². The number of carbonyl (C=O) groups excluding carboxylic acids is 9. The van der Waals surface area contributed by atoms with Crippen LogP contribution in [0.1, 0.15) is 144 Å². The van der Waals surface area contributed by atoms with Crippen molar-refractivity contribution in [3.8, 4) is 70.0 Å². The van der Waals surface area contributed by atoms with Gasteiger partial charge in [-0.15, -0.1) is 13.2 Å². The first kappa shape index (κ1) is 92.1. The van der Waals surface area contributed by atoms with Crippen LogP contribution in [0.2, 0.25) is 0 Å². The van der Waals surface area contributed by atoms with Crippen LogP contribution in [0.15, 0.2) is 89.9 Å². The molecule has 35 heteroatoms. The lowest BCUT2D eigenvalue weighted by Crippen LogP contribution is -2.36. The van der Waals surface area contributed by atoms with Gasteiger partial charge in [0.2, 0.25) is 0 Å². The van der Waals surface area contributed by atoms with E-state index in [4.69, 9.17) is 86.0 Å². The Hall–Kier alpha value is -13.0. The average molecular weight is 1640 g/mol. The number of rotatable bonds is 38. The Balaban J connectivity index is 1.35. The quantitative estimate of drug-likeness (QED) is 0.0116. The van der Waals surface area contributed by atoms with Crippen molar-refractivity contribution in [3.05, 3.63) is 152 Å². The normalized spacial score (nSPS) is 12.3. The molecule has 0 bridgehead atoms. The summed E-state index contributed by atoms with van der Waals surface area (Å²) in [7, 11) is 0. The minimum absolute atomic E-state index is 0.00721. The van der Waals surface area contributed by atoms with E-state index in [0.29, 0.717) is 67.5 Å². The molecule has 0 saturated carbocycles. The summed E-state index contributed by atoms with van der Waals surface area (Å²) in [6, 6.07) is 20.6. The molecule has 1 aliphatic rings. The second-order valence-electron chi connectivity index (χ2n) is 24.4. The summed E-state index contributed by atoms with van der Waals surface area (Å²) in [5, 5.41) is 0. The predicted octanol–water partition coefficient (Wildman–Crippen LogP) is 8.27. The maximum atomic E-state index is 13.9. The number of alkyl halides is 3. The van der Waals surface area contributed by atoms with Gasteiger partial charge in [0.1, 0.15) is 62.7 Å². The molecule has 3 aromatic carbocycles. The third kappa shape index (κ3) is 32.0. The number of carbonyl (C=O) groups is 9. The Morgan fingerprint density at radius 1 is 0.356 bits per heavy atom. The van der Waals surface area contributed by atoms with Crippen LogP contribution in [0.5, 0.6) is 34.5 Å². The van der Waals surface area contributed by atoms with Crippen molar-refractivity contribution in [2.24, 2.45) is 4.99 Å². The average Bonchev–Trinajstić information content (AvgIpc) is 0.886. The predicted molar refractivity (Wildman–Crippen MR) is 412 cm³/mol. The smallest absolute Gasteiger partial charge is 0.482 e. The molecule has 0 radical (unpaired) electrons. The fourth-order valence-electron chi connectivity index (χ4n) is 10.7. The molecule has 3 aromatic heterocycles. The largest absolute Gasteiger partial charge is 0.573 e. The van der Waals surface area contributed by atoms with E-state index in [9.17, 15) is 56.3 Å². The van der Waals surface area contributed by atoms with Gasteiger partial charge in [-0.1, -0.05) is 35.5 Å². The Kier molecular flexibility index (Phi) is 37.8. The Morgan fingerprint density at radius 3 is 0.890 bits per heavy atom. The third-order valence-electron chi connectivity index (χ3n) is 15.7. The zero-order chi connectivity index (χ0) is 85.4. The van der Waals surface area contributed by atoms with Crippen LogP contribution in [-0.2, 0) is 95.8 Å². The number of aliphatic imine (C=N–C) groups is 1. The van der Waals surface area contributed by atoms with Crippen molar-refractivity contribution in [2.75, 3.05) is 138 Å². The van der Waals surface area contributed by atoms with E-state index in [0.717, 1.165) is 0 Å². The van der Waals surface area contributed by atoms with E-state index < -0.39 is 99.7 Å². The maximum Gasteiger partial charge on any atom is 0.573 e. The number of benzene rings is 3. The van der Waals surface area contributed by atoms with E-state index >= 15 is 0 Å². The molecule has 0 spiro atoms. The van der Waals surface area contributed by atoms with Gasteiger partial charge in [-0.3, -0.25) is 14.7 Å². The minimum atomic E-state index is -4.93. The van der Waals surface area contributed by atoms with Gasteiger partial charge in [0.05, 0.1) is 82.2 Å². The fourth-order valence-corrected chi connectivity index (χ4v) is 10.7. The fraction of sp³-hybridized carbons (Fsp3) is 0.410. The summed E-state index contributed by atoms with van der Waals surface area (Å²) in [6.07, 6.45) is -4.65. The third-order valence-corrected chi connectivity index (χ3v) is 15.7. The molecule has 0 amide bonds. The SMILES string of the molecule is CCOC(=O)COc1cc(OCC(=O)OCC)c(C#Cc2cc(CN3CCN(Cc4cc(C#Cc5ccc(N=COC(F)(F)F)cc5)cc(C(=O)OCC)n4)CCN(Cc4cc(C#Cc5c(OCC(=O)OCC)cc(OCC(=O)OCC)cc5OCC(=O)OCC)cc(C(=O)OCC)n4)CC3)nc(C(=O)OCC)c2)c(OCC(=O)OCC)c1. The van der Waals surface area contributed by atoms with Crippen molar-refractivity contribution >= 4 is 65.8 Å². The summed E-state index contributed by atoms with van der Waals surface area (Å²) in [6.45, 7) is 13.2. The molecule has 0 aliphatic carbocycles. The summed E-state index contributed by atoms with van der Waals surface area (Å²) in [5.41, 5.74) is 2.09. The van der Waals surface area contributed by atoms with E-state index in [1.807, 2.05) is 0 Å². The maximum absolute atomic E-state index is 13.9. The van der Waals surface area contributed by atoms with Gasteiger partial charge in [0.15, 0.2) is 46.0 Å². The van der Waals surface area contributed by atoms with Crippen LogP contribution in [-0.4, -0.2) is 235 Å². The lowest BCUT2D eigenvalue weighted by molar-refractivity contribution is -0.280. The van der Waals surface area contributed by atoms with E-state index in [2.05, 4.69) is 60.0 Å². The van der Waals surface area contributed by atoms with Gasteiger partial charge in [0, 0.05) is 105 Å². The van der Waals surface area contributed by atoms with Crippen molar-refractivity contribution in [3.63, 3.8) is 0 Å². The minimum Gasteiger partial charge on any atom is -0.482 e. The number of ether oxygens (including phenoxy) is 16. The van der Waals surface area contributed by atoms with Crippen LogP contribution < -0.4 is 28.4 Å².